The fourth-order valence-corrected chi connectivity index (χ4v) is 11.6. The zero-order valence-electron chi connectivity index (χ0n) is 30.7. The fourth-order valence-electron chi connectivity index (χ4n) is 9.24. The van der Waals surface area contributed by atoms with Gasteiger partial charge in [0.15, 0.2) is 5.82 Å². The molecule has 0 saturated heterocycles. The molecule has 0 bridgehead atoms. The van der Waals surface area contributed by atoms with Gasteiger partial charge in [-0.25, -0.2) is 9.97 Å². The Morgan fingerprint density at radius 1 is 0.351 bits per heavy atom. The second kappa shape index (κ2) is 12.7. The van der Waals surface area contributed by atoms with Crippen molar-refractivity contribution < 1.29 is 0 Å². The van der Waals surface area contributed by atoms with Crippen molar-refractivity contribution in [1.82, 2.24) is 9.97 Å². The minimum Gasteiger partial charge on any atom is -0.228 e. The van der Waals surface area contributed by atoms with Gasteiger partial charge >= 0.3 is 0 Å². The maximum absolute atomic E-state index is 5.20. The fraction of sp³-hybridized carbons (Fsp3) is 0.0189. The second-order valence-corrected chi connectivity index (χ2v) is 17.0. The lowest BCUT2D eigenvalue weighted by atomic mass is 9.67. The molecule has 12 rings (SSSR count). The SMILES string of the molecule is c1ccc(-c2nc(-c3cccc(-c4ccc5c(c4)Sc4ccccc4C54c5ccccc5-c5ccccc54)c3)cc(-c3ccc4c(c3)sc3ccccc34)n2)cc1. The van der Waals surface area contributed by atoms with Gasteiger partial charge in [0, 0.05) is 46.7 Å². The monoisotopic (exact) mass is 760 g/mol. The molecule has 3 heterocycles. The molecule has 0 saturated carbocycles. The zero-order valence-corrected chi connectivity index (χ0v) is 32.3. The number of benzene rings is 8. The molecule has 0 fully saturated rings. The molecule has 0 radical (unpaired) electrons. The van der Waals surface area contributed by atoms with Gasteiger partial charge in [-0.3, -0.25) is 0 Å². The molecule has 0 unspecified atom stereocenters. The number of rotatable bonds is 4. The van der Waals surface area contributed by atoms with Crippen LogP contribution in [0.15, 0.2) is 204 Å². The average molecular weight is 761 g/mol. The van der Waals surface area contributed by atoms with Gasteiger partial charge in [-0.1, -0.05) is 169 Å². The molecular weight excluding hydrogens is 729 g/mol. The molecule has 8 aromatic carbocycles. The summed E-state index contributed by atoms with van der Waals surface area (Å²) in [5.74, 6) is 0.719. The third-order valence-corrected chi connectivity index (χ3v) is 14.0. The number of aromatic nitrogens is 2. The molecule has 4 heteroatoms. The van der Waals surface area contributed by atoms with Gasteiger partial charge in [-0.15, -0.1) is 11.3 Å². The first-order chi connectivity index (χ1) is 28.2. The Bertz CT molecular complexity index is 3190. The minimum atomic E-state index is -0.380. The third kappa shape index (κ3) is 4.98. The van der Waals surface area contributed by atoms with Crippen molar-refractivity contribution in [3.63, 3.8) is 0 Å². The van der Waals surface area contributed by atoms with Gasteiger partial charge in [0.2, 0.25) is 0 Å². The zero-order chi connectivity index (χ0) is 37.5. The van der Waals surface area contributed by atoms with E-state index in [4.69, 9.17) is 9.97 Å². The van der Waals surface area contributed by atoms with Gasteiger partial charge < -0.3 is 0 Å². The van der Waals surface area contributed by atoms with Crippen LogP contribution < -0.4 is 0 Å². The first-order valence-electron chi connectivity index (χ1n) is 19.3. The maximum Gasteiger partial charge on any atom is 0.160 e. The second-order valence-electron chi connectivity index (χ2n) is 14.9. The topological polar surface area (TPSA) is 25.8 Å². The Hall–Kier alpha value is -6.59. The lowest BCUT2D eigenvalue weighted by Crippen LogP contribution is -2.31. The van der Waals surface area contributed by atoms with Crippen LogP contribution in [0.3, 0.4) is 0 Å². The summed E-state index contributed by atoms with van der Waals surface area (Å²) >= 11 is 3.71. The third-order valence-electron chi connectivity index (χ3n) is 11.8. The number of fused-ring (bicyclic) bond motifs is 12. The summed E-state index contributed by atoms with van der Waals surface area (Å²) in [6.45, 7) is 0. The van der Waals surface area contributed by atoms with Crippen molar-refractivity contribution in [1.29, 1.82) is 0 Å². The van der Waals surface area contributed by atoms with E-state index in [0.29, 0.717) is 0 Å². The molecule has 0 amide bonds. The van der Waals surface area contributed by atoms with E-state index in [9.17, 15) is 0 Å². The van der Waals surface area contributed by atoms with Crippen LogP contribution in [0.5, 0.6) is 0 Å². The van der Waals surface area contributed by atoms with E-state index >= 15 is 0 Å². The van der Waals surface area contributed by atoms with E-state index in [1.165, 1.54) is 68.9 Å². The Morgan fingerprint density at radius 2 is 0.930 bits per heavy atom. The Balaban J connectivity index is 0.994. The molecule has 2 aromatic heterocycles. The molecule has 57 heavy (non-hydrogen) atoms. The Labute approximate surface area is 339 Å². The number of nitrogens with zero attached hydrogens (tertiary/aromatic N) is 2. The first-order valence-corrected chi connectivity index (χ1v) is 20.9. The summed E-state index contributed by atoms with van der Waals surface area (Å²) in [7, 11) is 0. The minimum absolute atomic E-state index is 0.380. The van der Waals surface area contributed by atoms with Crippen LogP contribution in [-0.2, 0) is 5.41 Å². The highest BCUT2D eigenvalue weighted by atomic mass is 32.2. The van der Waals surface area contributed by atoms with Gasteiger partial charge in [0.05, 0.1) is 16.8 Å². The quantitative estimate of drug-likeness (QED) is 0.179. The lowest BCUT2D eigenvalue weighted by Gasteiger charge is -2.39. The molecule has 2 nitrogen and oxygen atoms in total. The van der Waals surface area contributed by atoms with Gasteiger partial charge in [0.25, 0.3) is 0 Å². The van der Waals surface area contributed by atoms with Crippen molar-refractivity contribution in [2.75, 3.05) is 0 Å². The van der Waals surface area contributed by atoms with Crippen molar-refractivity contribution in [2.45, 2.75) is 15.2 Å². The van der Waals surface area contributed by atoms with Crippen LogP contribution in [0.4, 0.5) is 0 Å². The Kier molecular flexibility index (Phi) is 7.28. The number of hydrogen-bond donors (Lipinski definition) is 0. The highest BCUT2D eigenvalue weighted by molar-refractivity contribution is 7.99. The van der Waals surface area contributed by atoms with E-state index in [1.807, 2.05) is 41.3 Å². The molecule has 1 spiro atoms. The van der Waals surface area contributed by atoms with Crippen molar-refractivity contribution in [3.05, 3.63) is 216 Å². The van der Waals surface area contributed by atoms with Crippen LogP contribution >= 0.6 is 23.1 Å². The molecule has 10 aromatic rings. The predicted molar refractivity (Wildman–Crippen MR) is 238 cm³/mol. The highest BCUT2D eigenvalue weighted by Crippen LogP contribution is 2.62. The standard InChI is InChI=1S/C53H32N2S2/c1-2-13-33(14-3-1)52-54-46(32-47(55-52)37-25-27-41-40-19-6-10-23-48(40)56-50(41)31-37)36-16-12-15-34(29-36)35-26-28-45-51(30-35)57-49-24-11-9-22-44(49)53(45)42-20-7-4-17-38(42)39-18-5-8-21-43(39)53/h1-32H. The Morgan fingerprint density at radius 3 is 1.74 bits per heavy atom. The van der Waals surface area contributed by atoms with Crippen LogP contribution in [0.25, 0.3) is 76.3 Å². The molecule has 1 aliphatic heterocycles. The van der Waals surface area contributed by atoms with E-state index in [2.05, 4.69) is 176 Å². The van der Waals surface area contributed by atoms with Gasteiger partial charge in [-0.2, -0.15) is 0 Å². The number of hydrogen-bond acceptors (Lipinski definition) is 4. The normalized spacial score (nSPS) is 13.3. The average Bonchev–Trinajstić information content (AvgIpc) is 3.80. The van der Waals surface area contributed by atoms with Gasteiger partial charge in [0.1, 0.15) is 0 Å². The van der Waals surface area contributed by atoms with Crippen molar-refractivity contribution >= 4 is 43.3 Å². The largest absolute Gasteiger partial charge is 0.228 e. The highest BCUT2D eigenvalue weighted by Gasteiger charge is 2.50. The van der Waals surface area contributed by atoms with Crippen molar-refractivity contribution in [2.24, 2.45) is 0 Å². The summed E-state index contributed by atoms with van der Waals surface area (Å²) < 4.78 is 2.56. The molecule has 2 aliphatic rings. The molecule has 0 atom stereocenters. The summed E-state index contributed by atoms with van der Waals surface area (Å²) in [5.41, 5.74) is 15.0. The maximum atomic E-state index is 5.20. The summed E-state index contributed by atoms with van der Waals surface area (Å²) in [6, 6.07) is 70.8. The van der Waals surface area contributed by atoms with Crippen LogP contribution in [0.1, 0.15) is 22.3 Å². The summed E-state index contributed by atoms with van der Waals surface area (Å²) in [5, 5.41) is 2.58. The van der Waals surface area contributed by atoms with E-state index in [0.717, 1.165) is 39.5 Å². The van der Waals surface area contributed by atoms with Crippen LogP contribution in [0, 0.1) is 0 Å². The first kappa shape index (κ1) is 32.6. The van der Waals surface area contributed by atoms with Crippen LogP contribution in [-0.4, -0.2) is 9.97 Å². The van der Waals surface area contributed by atoms with Crippen molar-refractivity contribution in [3.8, 4) is 56.2 Å². The molecule has 0 N–H and O–H groups in total. The summed E-state index contributed by atoms with van der Waals surface area (Å²) in [4.78, 5) is 13.0. The molecule has 266 valence electrons. The lowest BCUT2D eigenvalue weighted by molar-refractivity contribution is 0.722. The number of thiophene rings is 1. The van der Waals surface area contributed by atoms with E-state index in [-0.39, 0.29) is 5.41 Å². The van der Waals surface area contributed by atoms with Crippen LogP contribution in [0.2, 0.25) is 0 Å². The molecule has 1 aliphatic carbocycles. The van der Waals surface area contributed by atoms with Gasteiger partial charge in [-0.05, 0) is 80.9 Å². The predicted octanol–water partition coefficient (Wildman–Crippen LogP) is 14.3. The van der Waals surface area contributed by atoms with E-state index < -0.39 is 0 Å². The smallest absolute Gasteiger partial charge is 0.160 e. The molecular formula is C53H32N2S2. The summed E-state index contributed by atoms with van der Waals surface area (Å²) in [6.07, 6.45) is 0. The van der Waals surface area contributed by atoms with E-state index in [1.54, 1.807) is 0 Å².